The van der Waals surface area contributed by atoms with Gasteiger partial charge < -0.3 is 5.73 Å². The quantitative estimate of drug-likeness (QED) is 0.796. The summed E-state index contributed by atoms with van der Waals surface area (Å²) in [4.78, 5) is 0. The number of nitrogen functional groups attached to an aromatic ring is 1. The first-order valence-electron chi connectivity index (χ1n) is 4.93. The Kier molecular flexibility index (Phi) is 3.62. The zero-order chi connectivity index (χ0) is 13.3. The first-order valence-corrected chi connectivity index (χ1v) is 7.61. The number of nitrogens with two attached hydrogens (primary N) is 1. The maximum Gasteiger partial charge on any atom is 0.250 e. The molecule has 2 aromatic heterocycles. The summed E-state index contributed by atoms with van der Waals surface area (Å²) in [5, 5.41) is 6.24. The minimum absolute atomic E-state index is 0.0826. The van der Waals surface area contributed by atoms with Crippen LogP contribution in [0.5, 0.6) is 0 Å². The number of sulfonamides is 1. The molecule has 0 bridgehead atoms. The highest BCUT2D eigenvalue weighted by molar-refractivity contribution is 7.91. The van der Waals surface area contributed by atoms with Crippen molar-refractivity contribution in [2.45, 2.75) is 17.7 Å². The van der Waals surface area contributed by atoms with Crippen molar-refractivity contribution in [1.29, 1.82) is 0 Å². The zero-order valence-electron chi connectivity index (χ0n) is 9.40. The summed E-state index contributed by atoms with van der Waals surface area (Å²) in [6.45, 7) is 1.84. The molecule has 2 rings (SSSR count). The lowest BCUT2D eigenvalue weighted by Crippen LogP contribution is -2.22. The SMILES string of the molecule is Cc1cc(S(=O)(=O)NCc2cn[nH]c2N)sc1Cl. The molecule has 0 aliphatic carbocycles. The molecule has 0 spiro atoms. The van der Waals surface area contributed by atoms with Gasteiger partial charge in [-0.15, -0.1) is 11.3 Å². The minimum atomic E-state index is -3.57. The third kappa shape index (κ3) is 2.66. The number of nitrogens with zero attached hydrogens (tertiary/aromatic N) is 1. The second-order valence-corrected chi connectivity index (χ2v) is 7.30. The van der Waals surface area contributed by atoms with Crippen molar-refractivity contribution in [3.63, 3.8) is 0 Å². The van der Waals surface area contributed by atoms with Crippen molar-refractivity contribution in [3.8, 4) is 0 Å². The molecule has 6 nitrogen and oxygen atoms in total. The number of nitrogens with one attached hydrogen (secondary N) is 2. The summed E-state index contributed by atoms with van der Waals surface area (Å²) in [5.41, 5.74) is 6.90. The maximum absolute atomic E-state index is 12.0. The highest BCUT2D eigenvalue weighted by Crippen LogP contribution is 2.30. The van der Waals surface area contributed by atoms with Gasteiger partial charge in [0.05, 0.1) is 10.5 Å². The molecule has 18 heavy (non-hydrogen) atoms. The lowest BCUT2D eigenvalue weighted by Gasteiger charge is -2.03. The molecule has 0 radical (unpaired) electrons. The Bertz CT molecular complexity index is 642. The molecule has 2 heterocycles. The number of halogens is 1. The fourth-order valence-electron chi connectivity index (χ4n) is 1.27. The van der Waals surface area contributed by atoms with Gasteiger partial charge in [-0.3, -0.25) is 5.10 Å². The molecule has 4 N–H and O–H groups in total. The number of hydrogen-bond donors (Lipinski definition) is 3. The Morgan fingerprint density at radius 3 is 2.83 bits per heavy atom. The van der Waals surface area contributed by atoms with E-state index in [2.05, 4.69) is 14.9 Å². The highest BCUT2D eigenvalue weighted by Gasteiger charge is 2.18. The van der Waals surface area contributed by atoms with Crippen LogP contribution in [0.2, 0.25) is 4.34 Å². The molecule has 0 aliphatic rings. The first-order chi connectivity index (χ1) is 8.40. The van der Waals surface area contributed by atoms with Gasteiger partial charge in [-0.1, -0.05) is 11.6 Å². The van der Waals surface area contributed by atoms with E-state index >= 15 is 0 Å². The fraction of sp³-hybridized carbons (Fsp3) is 0.222. The van der Waals surface area contributed by atoms with Crippen molar-refractivity contribution in [1.82, 2.24) is 14.9 Å². The molecule has 0 aromatic carbocycles. The van der Waals surface area contributed by atoms with Crippen LogP contribution in [0.25, 0.3) is 0 Å². The van der Waals surface area contributed by atoms with Crippen LogP contribution in [0.4, 0.5) is 5.82 Å². The van der Waals surface area contributed by atoms with E-state index in [0.29, 0.717) is 15.7 Å². The van der Waals surface area contributed by atoms with Crippen LogP contribution in [0.1, 0.15) is 11.1 Å². The van der Waals surface area contributed by atoms with Crippen LogP contribution in [0, 0.1) is 6.92 Å². The number of hydrogen-bond acceptors (Lipinski definition) is 5. The molecule has 0 unspecified atom stereocenters. The molecular formula is C9H11ClN4O2S2. The van der Waals surface area contributed by atoms with Crippen LogP contribution in [0.15, 0.2) is 16.5 Å². The third-order valence-corrected chi connectivity index (χ3v) is 5.73. The van der Waals surface area contributed by atoms with Gasteiger partial charge in [0.1, 0.15) is 10.0 Å². The lowest BCUT2D eigenvalue weighted by atomic mass is 10.3. The minimum Gasteiger partial charge on any atom is -0.384 e. The Morgan fingerprint density at radius 1 is 1.61 bits per heavy atom. The van der Waals surface area contributed by atoms with E-state index < -0.39 is 10.0 Å². The highest BCUT2D eigenvalue weighted by atomic mass is 35.5. The molecule has 0 fully saturated rings. The van der Waals surface area contributed by atoms with Gasteiger partial charge in [-0.2, -0.15) is 5.10 Å². The van der Waals surface area contributed by atoms with Gasteiger partial charge in [-0.05, 0) is 18.6 Å². The van der Waals surface area contributed by atoms with E-state index in [-0.39, 0.29) is 10.8 Å². The van der Waals surface area contributed by atoms with E-state index in [9.17, 15) is 8.42 Å². The van der Waals surface area contributed by atoms with E-state index in [1.54, 1.807) is 6.92 Å². The molecule has 2 aromatic rings. The Morgan fingerprint density at radius 2 is 2.33 bits per heavy atom. The van der Waals surface area contributed by atoms with Gasteiger partial charge in [0.2, 0.25) is 10.0 Å². The summed E-state index contributed by atoms with van der Waals surface area (Å²) in [6.07, 6.45) is 1.48. The normalized spacial score (nSPS) is 11.9. The molecule has 0 atom stereocenters. The molecule has 0 aliphatic heterocycles. The molecule has 0 saturated heterocycles. The Labute approximate surface area is 113 Å². The number of rotatable bonds is 4. The van der Waals surface area contributed by atoms with Crippen molar-refractivity contribution in [3.05, 3.63) is 27.7 Å². The summed E-state index contributed by atoms with van der Waals surface area (Å²) in [5.74, 6) is 0.345. The standard InChI is InChI=1S/C9H11ClN4O2S2/c1-5-2-7(17-8(5)10)18(15,16)13-4-6-3-12-14-9(6)11/h2-3,13H,4H2,1H3,(H3,11,12,14). The summed E-state index contributed by atoms with van der Waals surface area (Å²) >= 11 is 6.87. The predicted octanol–water partition coefficient (Wildman–Crippen LogP) is 1.49. The van der Waals surface area contributed by atoms with Crippen molar-refractivity contribution in [2.24, 2.45) is 0 Å². The summed E-state index contributed by atoms with van der Waals surface area (Å²) < 4.78 is 27.0. The van der Waals surface area contributed by atoms with Gasteiger partial charge in [-0.25, -0.2) is 13.1 Å². The topological polar surface area (TPSA) is 101 Å². The van der Waals surface area contributed by atoms with Gasteiger partial charge >= 0.3 is 0 Å². The number of aromatic nitrogens is 2. The summed E-state index contributed by atoms with van der Waals surface area (Å²) in [7, 11) is -3.57. The van der Waals surface area contributed by atoms with Gasteiger partial charge in [0.15, 0.2) is 0 Å². The lowest BCUT2D eigenvalue weighted by molar-refractivity contribution is 0.583. The van der Waals surface area contributed by atoms with E-state index in [4.69, 9.17) is 17.3 Å². The van der Waals surface area contributed by atoms with E-state index in [1.807, 2.05) is 0 Å². The molecule has 9 heteroatoms. The average Bonchev–Trinajstić information content (AvgIpc) is 2.84. The second kappa shape index (κ2) is 4.88. The van der Waals surface area contributed by atoms with Crippen LogP contribution < -0.4 is 10.5 Å². The van der Waals surface area contributed by atoms with Crippen molar-refractivity contribution < 1.29 is 8.42 Å². The Balaban J connectivity index is 2.15. The number of aryl methyl sites for hydroxylation is 1. The average molecular weight is 307 g/mol. The summed E-state index contributed by atoms with van der Waals surface area (Å²) in [6, 6.07) is 1.54. The van der Waals surface area contributed by atoms with Gasteiger partial charge in [0.25, 0.3) is 0 Å². The van der Waals surface area contributed by atoms with Crippen molar-refractivity contribution in [2.75, 3.05) is 5.73 Å². The number of anilines is 1. The number of thiophene rings is 1. The second-order valence-electron chi connectivity index (χ2n) is 3.66. The van der Waals surface area contributed by atoms with Crippen LogP contribution in [0.3, 0.4) is 0 Å². The van der Waals surface area contributed by atoms with Crippen LogP contribution >= 0.6 is 22.9 Å². The fourth-order valence-corrected chi connectivity index (χ4v) is 4.03. The van der Waals surface area contributed by atoms with E-state index in [0.717, 1.165) is 16.9 Å². The molecule has 0 saturated carbocycles. The first kappa shape index (κ1) is 13.3. The molecule has 98 valence electrons. The predicted molar refractivity (Wildman–Crippen MR) is 71.1 cm³/mol. The molecular weight excluding hydrogens is 296 g/mol. The van der Waals surface area contributed by atoms with Crippen LogP contribution in [-0.4, -0.2) is 18.6 Å². The smallest absolute Gasteiger partial charge is 0.250 e. The van der Waals surface area contributed by atoms with Crippen molar-refractivity contribution >= 4 is 38.8 Å². The number of H-pyrrole nitrogens is 1. The largest absolute Gasteiger partial charge is 0.384 e. The molecule has 0 amide bonds. The van der Waals surface area contributed by atoms with E-state index in [1.165, 1.54) is 12.3 Å². The Hall–Kier alpha value is -1.09. The third-order valence-electron chi connectivity index (χ3n) is 2.30. The number of aromatic amines is 1. The maximum atomic E-state index is 12.0. The monoisotopic (exact) mass is 306 g/mol. The van der Waals surface area contributed by atoms with Gasteiger partial charge in [0, 0.05) is 12.1 Å². The zero-order valence-corrected chi connectivity index (χ0v) is 11.8. The van der Waals surface area contributed by atoms with Crippen LogP contribution in [-0.2, 0) is 16.6 Å².